The van der Waals surface area contributed by atoms with Gasteiger partial charge in [-0.2, -0.15) is 0 Å². The van der Waals surface area contributed by atoms with Crippen LogP contribution in [0, 0.1) is 5.82 Å². The number of rotatable bonds is 7. The number of ether oxygens (including phenoxy) is 2. The number of aliphatic hydroxyl groups excluding tert-OH is 1. The van der Waals surface area contributed by atoms with E-state index in [0.717, 1.165) is 33.6 Å². The van der Waals surface area contributed by atoms with Gasteiger partial charge in [0.25, 0.3) is 0 Å². The van der Waals surface area contributed by atoms with E-state index < -0.39 is 18.2 Å². The van der Waals surface area contributed by atoms with Crippen molar-refractivity contribution in [2.75, 3.05) is 7.11 Å². The zero-order chi connectivity index (χ0) is 23.4. The Balaban J connectivity index is 2.24. The lowest BCUT2D eigenvalue weighted by Crippen LogP contribution is -2.31. The first-order valence-corrected chi connectivity index (χ1v) is 11.1. The van der Waals surface area contributed by atoms with E-state index in [1.54, 1.807) is 19.2 Å². The molecule has 0 unspecified atom stereocenters. The number of hydrogen-bond acceptors (Lipinski definition) is 5. The van der Waals surface area contributed by atoms with Crippen LogP contribution in [-0.4, -0.2) is 35.4 Å². The summed E-state index contributed by atoms with van der Waals surface area (Å²) in [6, 6.07) is 6.42. The minimum Gasteiger partial charge on any atom is -0.458 e. The number of carbonyl (C=O) groups excluding carboxylic acids is 1. The van der Waals surface area contributed by atoms with Gasteiger partial charge >= 0.3 is 5.97 Å². The van der Waals surface area contributed by atoms with E-state index in [1.807, 2.05) is 12.2 Å². The van der Waals surface area contributed by atoms with Gasteiger partial charge in [0.05, 0.1) is 24.8 Å². The molecule has 0 bridgehead atoms. The van der Waals surface area contributed by atoms with Crippen LogP contribution >= 0.6 is 0 Å². The number of pyridine rings is 1. The van der Waals surface area contributed by atoms with Crippen LogP contribution in [0.15, 0.2) is 30.3 Å². The molecule has 1 fully saturated rings. The van der Waals surface area contributed by atoms with E-state index in [1.165, 1.54) is 12.1 Å². The van der Waals surface area contributed by atoms with Crippen molar-refractivity contribution in [2.45, 2.75) is 71.2 Å². The van der Waals surface area contributed by atoms with Gasteiger partial charge < -0.3 is 14.6 Å². The molecule has 5 nitrogen and oxygen atoms in total. The third-order valence-electron chi connectivity index (χ3n) is 5.58. The summed E-state index contributed by atoms with van der Waals surface area (Å²) in [6.07, 6.45) is 2.88. The Morgan fingerprint density at radius 1 is 1.19 bits per heavy atom. The Morgan fingerprint density at radius 2 is 1.84 bits per heavy atom. The van der Waals surface area contributed by atoms with Crippen molar-refractivity contribution < 1.29 is 23.8 Å². The summed E-state index contributed by atoms with van der Waals surface area (Å²) >= 11 is 0. The second-order valence-electron chi connectivity index (χ2n) is 8.88. The number of esters is 1. The second-order valence-corrected chi connectivity index (χ2v) is 8.88. The molecule has 1 aliphatic rings. The van der Waals surface area contributed by atoms with E-state index in [9.17, 15) is 14.3 Å². The summed E-state index contributed by atoms with van der Waals surface area (Å²) in [5.74, 6) is -0.411. The summed E-state index contributed by atoms with van der Waals surface area (Å²) in [5, 5.41) is 9.96. The summed E-state index contributed by atoms with van der Waals surface area (Å²) in [6.45, 7) is 8.72. The standard InChI is InChI=1S/C26H32FNO4/c1-15(2)25-21(11-10-20-12-19(29)13-23(30)32-20)24(17-6-8-18(27)9-7-17)22(14-31-5)26(28-25)16(3)4/h6-11,15-16,19-20,29H,12-14H2,1-5H3/b11-10+/t19-,20+/m0/s1. The molecule has 172 valence electrons. The predicted molar refractivity (Wildman–Crippen MR) is 123 cm³/mol. The number of benzene rings is 1. The highest BCUT2D eigenvalue weighted by atomic mass is 19.1. The van der Waals surface area contributed by atoms with Crippen LogP contribution in [0.1, 0.15) is 74.9 Å². The molecule has 2 heterocycles. The number of carbonyl (C=O) groups is 1. The number of methoxy groups -OCH3 is 1. The summed E-state index contributed by atoms with van der Waals surface area (Å²) in [7, 11) is 1.65. The molecule has 0 amide bonds. The highest BCUT2D eigenvalue weighted by Gasteiger charge is 2.27. The molecule has 0 saturated carbocycles. The molecule has 1 aromatic heterocycles. The maximum Gasteiger partial charge on any atom is 0.309 e. The highest BCUT2D eigenvalue weighted by Crippen LogP contribution is 2.38. The first-order chi connectivity index (χ1) is 15.2. The zero-order valence-corrected chi connectivity index (χ0v) is 19.4. The van der Waals surface area contributed by atoms with Crippen LogP contribution < -0.4 is 0 Å². The van der Waals surface area contributed by atoms with E-state index in [2.05, 4.69) is 27.7 Å². The predicted octanol–water partition coefficient (Wildman–Crippen LogP) is 5.36. The number of aliphatic hydroxyl groups is 1. The van der Waals surface area contributed by atoms with Crippen LogP contribution in [0.5, 0.6) is 0 Å². The van der Waals surface area contributed by atoms with E-state index >= 15 is 0 Å². The molecular weight excluding hydrogens is 409 g/mol. The topological polar surface area (TPSA) is 68.7 Å². The van der Waals surface area contributed by atoms with Crippen molar-refractivity contribution in [3.63, 3.8) is 0 Å². The van der Waals surface area contributed by atoms with Gasteiger partial charge in [-0.1, -0.05) is 45.9 Å². The number of hydrogen-bond donors (Lipinski definition) is 1. The Kier molecular flexibility index (Phi) is 7.80. The molecule has 0 spiro atoms. The van der Waals surface area contributed by atoms with Crippen molar-refractivity contribution in [2.24, 2.45) is 0 Å². The van der Waals surface area contributed by atoms with Gasteiger partial charge in [-0.15, -0.1) is 0 Å². The molecule has 6 heteroatoms. The van der Waals surface area contributed by atoms with Gasteiger partial charge in [-0.3, -0.25) is 9.78 Å². The Labute approximate surface area is 189 Å². The SMILES string of the molecule is COCc1c(C(C)C)nc(C(C)C)c(/C=C/[C@@H]2C[C@H](O)CC(=O)O2)c1-c1ccc(F)cc1. The summed E-state index contributed by atoms with van der Waals surface area (Å²) in [5.41, 5.74) is 5.51. The van der Waals surface area contributed by atoms with Gasteiger partial charge in [0.15, 0.2) is 0 Å². The largest absolute Gasteiger partial charge is 0.458 e. The van der Waals surface area contributed by atoms with Crippen molar-refractivity contribution in [1.29, 1.82) is 0 Å². The van der Waals surface area contributed by atoms with E-state index in [-0.39, 0.29) is 24.1 Å². The van der Waals surface area contributed by atoms with Crippen molar-refractivity contribution in [3.05, 3.63) is 58.7 Å². The molecule has 0 radical (unpaired) electrons. The quantitative estimate of drug-likeness (QED) is 0.586. The van der Waals surface area contributed by atoms with Crippen LogP contribution in [0.2, 0.25) is 0 Å². The monoisotopic (exact) mass is 441 g/mol. The fraction of sp³-hybridized carbons (Fsp3) is 0.462. The van der Waals surface area contributed by atoms with Crippen LogP contribution in [0.4, 0.5) is 4.39 Å². The molecule has 1 N–H and O–H groups in total. The smallest absolute Gasteiger partial charge is 0.309 e. The molecule has 1 saturated heterocycles. The fourth-order valence-electron chi connectivity index (χ4n) is 4.13. The maximum absolute atomic E-state index is 13.7. The fourth-order valence-corrected chi connectivity index (χ4v) is 4.13. The van der Waals surface area contributed by atoms with Gasteiger partial charge in [-0.25, -0.2) is 4.39 Å². The first-order valence-electron chi connectivity index (χ1n) is 11.1. The minimum atomic E-state index is -0.711. The lowest BCUT2D eigenvalue weighted by molar-refractivity contribution is -0.156. The third-order valence-corrected chi connectivity index (χ3v) is 5.58. The number of cyclic esters (lactones) is 1. The summed E-state index contributed by atoms with van der Waals surface area (Å²) in [4.78, 5) is 16.8. The summed E-state index contributed by atoms with van der Waals surface area (Å²) < 4.78 is 24.6. The number of nitrogens with zero attached hydrogens (tertiary/aromatic N) is 1. The molecule has 0 aliphatic carbocycles. The maximum atomic E-state index is 13.7. The van der Waals surface area contributed by atoms with Crippen LogP contribution in [0.3, 0.4) is 0 Å². The molecule has 32 heavy (non-hydrogen) atoms. The van der Waals surface area contributed by atoms with Gasteiger partial charge in [0, 0.05) is 30.4 Å². The number of aromatic nitrogens is 1. The van der Waals surface area contributed by atoms with E-state index in [4.69, 9.17) is 14.5 Å². The van der Waals surface area contributed by atoms with Crippen molar-refractivity contribution in [3.8, 4) is 11.1 Å². The lowest BCUT2D eigenvalue weighted by atomic mass is 9.87. The van der Waals surface area contributed by atoms with Gasteiger partial charge in [0.2, 0.25) is 0 Å². The molecule has 1 aromatic carbocycles. The highest BCUT2D eigenvalue weighted by molar-refractivity contribution is 5.80. The third kappa shape index (κ3) is 5.43. The molecule has 1 aliphatic heterocycles. The van der Waals surface area contributed by atoms with Crippen molar-refractivity contribution in [1.82, 2.24) is 4.98 Å². The van der Waals surface area contributed by atoms with Crippen LogP contribution in [0.25, 0.3) is 17.2 Å². The Bertz CT molecular complexity index is 982. The average molecular weight is 442 g/mol. The lowest BCUT2D eigenvalue weighted by Gasteiger charge is -2.25. The van der Waals surface area contributed by atoms with Gasteiger partial charge in [-0.05, 0) is 41.2 Å². The molecule has 3 rings (SSSR count). The minimum absolute atomic E-state index is 0.0189. The second kappa shape index (κ2) is 10.4. The van der Waals surface area contributed by atoms with Crippen LogP contribution in [-0.2, 0) is 20.9 Å². The Morgan fingerprint density at radius 3 is 2.41 bits per heavy atom. The normalized spacial score (nSPS) is 19.2. The molecule has 2 atom stereocenters. The average Bonchev–Trinajstić information content (AvgIpc) is 2.72. The van der Waals surface area contributed by atoms with Crippen molar-refractivity contribution >= 4 is 12.0 Å². The molecule has 2 aromatic rings. The van der Waals surface area contributed by atoms with E-state index in [0.29, 0.717) is 13.0 Å². The molecular formula is C26H32FNO4. The first kappa shape index (κ1) is 24.1. The Hall–Kier alpha value is -2.57. The number of halogens is 1. The zero-order valence-electron chi connectivity index (χ0n) is 19.4. The van der Waals surface area contributed by atoms with Gasteiger partial charge in [0.1, 0.15) is 11.9 Å².